The number of carbonyl (C=O) groups excluding carboxylic acids is 1. The van der Waals surface area contributed by atoms with E-state index in [1.165, 1.54) is 32.1 Å². The van der Waals surface area contributed by atoms with Gasteiger partial charge in [-0.3, -0.25) is 4.79 Å². The molecule has 0 aromatic heterocycles. The minimum atomic E-state index is 0.334. The van der Waals surface area contributed by atoms with E-state index in [0.29, 0.717) is 23.5 Å². The number of Topliss-reactive ketones (excluding diaryl/α,β-unsaturated/α-hetero) is 1. The summed E-state index contributed by atoms with van der Waals surface area (Å²) in [6.07, 6.45) is 8.75. The summed E-state index contributed by atoms with van der Waals surface area (Å²) in [5, 5.41) is 0. The highest BCUT2D eigenvalue weighted by atomic mass is 16.1. The Labute approximate surface area is 105 Å². The number of hydrogen-bond acceptors (Lipinski definition) is 1. The molecule has 4 unspecified atom stereocenters. The fourth-order valence-corrected chi connectivity index (χ4v) is 4.37. The highest BCUT2D eigenvalue weighted by Crippen LogP contribution is 2.48. The summed E-state index contributed by atoms with van der Waals surface area (Å²) in [5.74, 6) is 2.83. The highest BCUT2D eigenvalue weighted by molar-refractivity contribution is 5.84. The van der Waals surface area contributed by atoms with Gasteiger partial charge in [-0.05, 0) is 56.8 Å². The average molecular weight is 232 g/mol. The van der Waals surface area contributed by atoms with Crippen LogP contribution in [0.3, 0.4) is 0 Å². The van der Waals surface area contributed by atoms with Crippen molar-refractivity contribution in [1.82, 2.24) is 0 Å². The maximum Gasteiger partial charge on any atom is 0.139 e. The van der Waals surface area contributed by atoms with E-state index in [9.17, 15) is 4.79 Å². The van der Waals surface area contributed by atoms with E-state index in [4.69, 9.17) is 0 Å². The predicted octanol–water partition coefficient (Wildman–Crippen LogP) is 4.13. The molecule has 0 aromatic carbocycles. The van der Waals surface area contributed by atoms with Crippen molar-refractivity contribution in [2.24, 2.45) is 23.7 Å². The molecule has 0 aromatic rings. The number of allylic oxidation sites excluding steroid dienone is 2. The Morgan fingerprint density at radius 1 is 0.941 bits per heavy atom. The second kappa shape index (κ2) is 4.26. The van der Waals surface area contributed by atoms with Crippen LogP contribution >= 0.6 is 0 Å². The van der Waals surface area contributed by atoms with E-state index in [1.54, 1.807) is 11.1 Å². The lowest BCUT2D eigenvalue weighted by molar-refractivity contribution is -0.130. The van der Waals surface area contributed by atoms with Gasteiger partial charge in [0.05, 0.1) is 0 Å². The fourth-order valence-electron chi connectivity index (χ4n) is 4.37. The third-order valence-corrected chi connectivity index (χ3v) is 5.41. The summed E-state index contributed by atoms with van der Waals surface area (Å²) in [6.45, 7) is 4.51. The van der Waals surface area contributed by atoms with Gasteiger partial charge >= 0.3 is 0 Å². The normalized spacial score (nSPS) is 42.1. The maximum atomic E-state index is 12.3. The molecular formula is C16H24O. The molecule has 3 aliphatic rings. The zero-order chi connectivity index (χ0) is 12.0. The van der Waals surface area contributed by atoms with Crippen LogP contribution in [0.4, 0.5) is 0 Å². The van der Waals surface area contributed by atoms with Gasteiger partial charge in [0.2, 0.25) is 0 Å². The molecule has 0 aliphatic heterocycles. The van der Waals surface area contributed by atoms with Gasteiger partial charge in [0.1, 0.15) is 5.78 Å². The van der Waals surface area contributed by atoms with Gasteiger partial charge in [0.25, 0.3) is 0 Å². The minimum absolute atomic E-state index is 0.334. The molecule has 0 spiro atoms. The van der Waals surface area contributed by atoms with Crippen molar-refractivity contribution in [3.05, 3.63) is 11.1 Å². The van der Waals surface area contributed by atoms with Crippen molar-refractivity contribution < 1.29 is 4.79 Å². The van der Waals surface area contributed by atoms with E-state index < -0.39 is 0 Å². The molecule has 0 radical (unpaired) electrons. The van der Waals surface area contributed by atoms with E-state index >= 15 is 0 Å². The Kier molecular flexibility index (Phi) is 2.88. The zero-order valence-electron chi connectivity index (χ0n) is 11.2. The van der Waals surface area contributed by atoms with Crippen molar-refractivity contribution in [2.75, 3.05) is 0 Å². The van der Waals surface area contributed by atoms with Gasteiger partial charge in [0.15, 0.2) is 0 Å². The lowest BCUT2D eigenvalue weighted by Crippen LogP contribution is -2.38. The maximum absolute atomic E-state index is 12.3. The summed E-state index contributed by atoms with van der Waals surface area (Å²) in [4.78, 5) is 12.3. The largest absolute Gasteiger partial charge is 0.299 e. The summed E-state index contributed by atoms with van der Waals surface area (Å²) in [7, 11) is 0. The third kappa shape index (κ3) is 1.88. The lowest BCUT2D eigenvalue weighted by atomic mass is 9.61. The molecular weight excluding hydrogens is 208 g/mol. The van der Waals surface area contributed by atoms with Gasteiger partial charge in [0, 0.05) is 11.8 Å². The Morgan fingerprint density at radius 3 is 2.59 bits per heavy atom. The van der Waals surface area contributed by atoms with Crippen LogP contribution < -0.4 is 0 Å². The van der Waals surface area contributed by atoms with E-state index in [-0.39, 0.29) is 0 Å². The number of fused-ring (bicyclic) bond motifs is 2. The van der Waals surface area contributed by atoms with Crippen molar-refractivity contribution in [3.8, 4) is 0 Å². The summed E-state index contributed by atoms with van der Waals surface area (Å²) in [6, 6.07) is 0. The Bertz CT molecular complexity index is 366. The quantitative estimate of drug-likeness (QED) is 0.574. The Morgan fingerprint density at radius 2 is 1.76 bits per heavy atom. The van der Waals surface area contributed by atoms with Crippen LogP contribution in [0.5, 0.6) is 0 Å². The summed E-state index contributed by atoms with van der Waals surface area (Å²) in [5.41, 5.74) is 3.46. The second-order valence-corrected chi connectivity index (χ2v) is 6.61. The molecule has 1 nitrogen and oxygen atoms in total. The van der Waals surface area contributed by atoms with Crippen LogP contribution in [0.25, 0.3) is 0 Å². The molecule has 17 heavy (non-hydrogen) atoms. The first-order valence-electron chi connectivity index (χ1n) is 7.41. The second-order valence-electron chi connectivity index (χ2n) is 6.61. The van der Waals surface area contributed by atoms with Gasteiger partial charge < -0.3 is 0 Å². The van der Waals surface area contributed by atoms with Crippen LogP contribution in [0.1, 0.15) is 58.8 Å². The van der Waals surface area contributed by atoms with E-state index in [0.717, 1.165) is 18.8 Å². The monoisotopic (exact) mass is 232 g/mol. The molecule has 3 rings (SSSR count). The van der Waals surface area contributed by atoms with Crippen LogP contribution in [0, 0.1) is 23.7 Å². The molecule has 0 amide bonds. The standard InChI is InChI=1S/C16H24O/c1-10-3-6-13-12(9-10)5-8-15-14(13)7-4-11(2)16(15)17/h10-11,14-15H,3-9H2,1-2H3. The van der Waals surface area contributed by atoms with Crippen LogP contribution in [-0.2, 0) is 4.79 Å². The fraction of sp³-hybridized carbons (Fsp3) is 0.812. The van der Waals surface area contributed by atoms with Crippen molar-refractivity contribution in [1.29, 1.82) is 0 Å². The van der Waals surface area contributed by atoms with Crippen molar-refractivity contribution in [2.45, 2.75) is 58.8 Å². The van der Waals surface area contributed by atoms with Crippen LogP contribution in [0.2, 0.25) is 0 Å². The van der Waals surface area contributed by atoms with Crippen molar-refractivity contribution in [3.63, 3.8) is 0 Å². The number of ketones is 1. The smallest absolute Gasteiger partial charge is 0.139 e. The number of carbonyl (C=O) groups is 1. The zero-order valence-corrected chi connectivity index (χ0v) is 11.2. The Hall–Kier alpha value is -0.590. The minimum Gasteiger partial charge on any atom is -0.299 e. The molecule has 0 N–H and O–H groups in total. The molecule has 0 bridgehead atoms. The molecule has 1 saturated carbocycles. The molecule has 0 heterocycles. The summed E-state index contributed by atoms with van der Waals surface area (Å²) < 4.78 is 0. The van der Waals surface area contributed by atoms with Gasteiger partial charge in [-0.25, -0.2) is 0 Å². The molecule has 4 atom stereocenters. The molecule has 94 valence electrons. The molecule has 1 fully saturated rings. The first kappa shape index (κ1) is 11.5. The summed E-state index contributed by atoms with van der Waals surface area (Å²) >= 11 is 0. The lowest BCUT2D eigenvalue weighted by Gasteiger charge is -2.42. The first-order valence-corrected chi connectivity index (χ1v) is 7.41. The predicted molar refractivity (Wildman–Crippen MR) is 69.7 cm³/mol. The SMILES string of the molecule is CC1CCC2=C(CCC3C(=O)C(C)CCC23)C1. The Balaban J connectivity index is 1.88. The molecule has 0 saturated heterocycles. The van der Waals surface area contributed by atoms with Gasteiger partial charge in [-0.2, -0.15) is 0 Å². The average Bonchev–Trinajstić information content (AvgIpc) is 2.33. The van der Waals surface area contributed by atoms with E-state index in [1.807, 2.05) is 0 Å². The molecule has 3 aliphatic carbocycles. The molecule has 1 heteroatoms. The highest BCUT2D eigenvalue weighted by Gasteiger charge is 2.41. The first-order chi connectivity index (χ1) is 8.16. The van der Waals surface area contributed by atoms with Gasteiger partial charge in [-0.15, -0.1) is 0 Å². The number of hydrogen-bond donors (Lipinski definition) is 0. The van der Waals surface area contributed by atoms with E-state index in [2.05, 4.69) is 13.8 Å². The van der Waals surface area contributed by atoms with Crippen LogP contribution in [-0.4, -0.2) is 5.78 Å². The van der Waals surface area contributed by atoms with Crippen molar-refractivity contribution >= 4 is 5.78 Å². The van der Waals surface area contributed by atoms with Gasteiger partial charge in [-0.1, -0.05) is 25.0 Å². The van der Waals surface area contributed by atoms with Crippen LogP contribution in [0.15, 0.2) is 11.1 Å². The third-order valence-electron chi connectivity index (χ3n) is 5.41. The topological polar surface area (TPSA) is 17.1 Å². The number of rotatable bonds is 0.